The molecular formula is C23H29IN6O. The SMILES string of the molecule is CCNC(=NCc1ncc(-c2ccc(C)cc2)o1)N1CCN(c2ccccn2)CC1.I. The van der Waals surface area contributed by atoms with Crippen molar-refractivity contribution >= 4 is 35.8 Å². The van der Waals surface area contributed by atoms with Crippen LogP contribution in [0.4, 0.5) is 5.82 Å². The number of oxazole rings is 1. The van der Waals surface area contributed by atoms with E-state index in [1.807, 2.05) is 30.5 Å². The van der Waals surface area contributed by atoms with E-state index >= 15 is 0 Å². The first-order valence-electron chi connectivity index (χ1n) is 10.4. The maximum absolute atomic E-state index is 5.92. The highest BCUT2D eigenvalue weighted by molar-refractivity contribution is 14.0. The molecule has 0 atom stereocenters. The maximum atomic E-state index is 5.92. The van der Waals surface area contributed by atoms with E-state index in [0.29, 0.717) is 12.4 Å². The molecule has 0 radical (unpaired) electrons. The van der Waals surface area contributed by atoms with E-state index in [1.54, 1.807) is 6.20 Å². The molecule has 0 unspecified atom stereocenters. The van der Waals surface area contributed by atoms with Crippen LogP contribution in [0.1, 0.15) is 18.4 Å². The van der Waals surface area contributed by atoms with Crippen LogP contribution < -0.4 is 10.2 Å². The summed E-state index contributed by atoms with van der Waals surface area (Å²) in [6.45, 7) is 9.00. The number of hydrogen-bond donors (Lipinski definition) is 1. The lowest BCUT2D eigenvalue weighted by Gasteiger charge is -2.37. The van der Waals surface area contributed by atoms with Crippen molar-refractivity contribution in [1.29, 1.82) is 0 Å². The Bertz CT molecular complexity index is 965. The third-order valence-electron chi connectivity index (χ3n) is 5.14. The van der Waals surface area contributed by atoms with Crippen LogP contribution >= 0.6 is 24.0 Å². The summed E-state index contributed by atoms with van der Waals surface area (Å²) in [5, 5.41) is 3.39. The summed E-state index contributed by atoms with van der Waals surface area (Å²) in [4.78, 5) is 18.2. The van der Waals surface area contributed by atoms with Gasteiger partial charge in [0.25, 0.3) is 0 Å². The molecule has 0 aliphatic carbocycles. The molecule has 3 aromatic rings. The zero-order chi connectivity index (χ0) is 20.8. The summed E-state index contributed by atoms with van der Waals surface area (Å²) in [6, 6.07) is 14.3. The Kier molecular flexibility index (Phi) is 8.27. The standard InChI is InChI=1S/C23H28N6O.HI/c1-3-24-23(29-14-12-28(13-15-29)21-6-4-5-11-25-21)27-17-22-26-16-20(30-22)19-9-7-18(2)8-10-19;/h4-11,16H,3,12-15,17H2,1-2H3,(H,24,27);1H. The Morgan fingerprint density at radius 1 is 1.06 bits per heavy atom. The van der Waals surface area contributed by atoms with E-state index in [-0.39, 0.29) is 24.0 Å². The number of aryl methyl sites for hydroxylation is 1. The number of anilines is 1. The number of nitrogens with one attached hydrogen (secondary N) is 1. The smallest absolute Gasteiger partial charge is 0.216 e. The lowest BCUT2D eigenvalue weighted by molar-refractivity contribution is 0.370. The fourth-order valence-electron chi connectivity index (χ4n) is 3.49. The van der Waals surface area contributed by atoms with E-state index in [0.717, 1.165) is 55.8 Å². The average Bonchev–Trinajstić information content (AvgIpc) is 3.27. The second-order valence-corrected chi connectivity index (χ2v) is 7.32. The molecule has 7 nitrogen and oxygen atoms in total. The topological polar surface area (TPSA) is 69.8 Å². The number of benzene rings is 1. The zero-order valence-corrected chi connectivity index (χ0v) is 20.3. The molecule has 2 aromatic heterocycles. The maximum Gasteiger partial charge on any atom is 0.216 e. The molecule has 4 rings (SSSR count). The molecule has 164 valence electrons. The largest absolute Gasteiger partial charge is 0.439 e. The van der Waals surface area contributed by atoms with Gasteiger partial charge >= 0.3 is 0 Å². The summed E-state index contributed by atoms with van der Waals surface area (Å²) in [7, 11) is 0. The molecular weight excluding hydrogens is 503 g/mol. The number of pyridine rings is 1. The minimum Gasteiger partial charge on any atom is -0.439 e. The van der Waals surface area contributed by atoms with Crippen molar-refractivity contribution < 1.29 is 4.42 Å². The second kappa shape index (κ2) is 11.1. The number of aliphatic imine (C=N–C) groups is 1. The lowest BCUT2D eigenvalue weighted by atomic mass is 10.1. The summed E-state index contributed by atoms with van der Waals surface area (Å²) in [5.41, 5.74) is 2.25. The van der Waals surface area contributed by atoms with Crippen molar-refractivity contribution in [3.05, 3.63) is 66.3 Å². The van der Waals surface area contributed by atoms with Gasteiger partial charge in [0.15, 0.2) is 11.7 Å². The number of aromatic nitrogens is 2. The minimum absolute atomic E-state index is 0. The molecule has 3 heterocycles. The van der Waals surface area contributed by atoms with E-state index in [4.69, 9.17) is 9.41 Å². The summed E-state index contributed by atoms with van der Waals surface area (Å²) >= 11 is 0. The minimum atomic E-state index is 0. The first-order chi connectivity index (χ1) is 14.7. The third kappa shape index (κ3) is 5.96. The van der Waals surface area contributed by atoms with Crippen LogP contribution in [0.25, 0.3) is 11.3 Å². The third-order valence-corrected chi connectivity index (χ3v) is 5.14. The summed E-state index contributed by atoms with van der Waals surface area (Å²) in [6.07, 6.45) is 3.61. The van der Waals surface area contributed by atoms with Gasteiger partial charge in [0.2, 0.25) is 5.89 Å². The Labute approximate surface area is 200 Å². The summed E-state index contributed by atoms with van der Waals surface area (Å²) < 4.78 is 5.92. The number of hydrogen-bond acceptors (Lipinski definition) is 5. The lowest BCUT2D eigenvalue weighted by Crippen LogP contribution is -2.52. The molecule has 31 heavy (non-hydrogen) atoms. The number of piperazine rings is 1. The number of rotatable bonds is 5. The van der Waals surface area contributed by atoms with Crippen LogP contribution in [0.5, 0.6) is 0 Å². The van der Waals surface area contributed by atoms with Gasteiger partial charge in [0.1, 0.15) is 12.4 Å². The molecule has 0 bridgehead atoms. The highest BCUT2D eigenvalue weighted by atomic mass is 127. The number of guanidine groups is 1. The van der Waals surface area contributed by atoms with Crippen molar-refractivity contribution in [3.63, 3.8) is 0 Å². The van der Waals surface area contributed by atoms with Gasteiger partial charge in [0.05, 0.1) is 6.20 Å². The van der Waals surface area contributed by atoms with Gasteiger partial charge in [-0.2, -0.15) is 0 Å². The molecule has 1 fully saturated rings. The van der Waals surface area contributed by atoms with E-state index < -0.39 is 0 Å². The molecule has 1 aromatic carbocycles. The van der Waals surface area contributed by atoms with Crippen LogP contribution in [0.2, 0.25) is 0 Å². The van der Waals surface area contributed by atoms with Crippen LogP contribution in [-0.2, 0) is 6.54 Å². The van der Waals surface area contributed by atoms with Crippen molar-refractivity contribution in [1.82, 2.24) is 20.2 Å². The van der Waals surface area contributed by atoms with Gasteiger partial charge in [-0.3, -0.25) is 0 Å². The van der Waals surface area contributed by atoms with Crippen molar-refractivity contribution in [2.24, 2.45) is 4.99 Å². The Balaban J connectivity index is 0.00000272. The molecule has 0 spiro atoms. The van der Waals surface area contributed by atoms with Crippen molar-refractivity contribution in [3.8, 4) is 11.3 Å². The van der Waals surface area contributed by atoms with Gasteiger partial charge in [-0.05, 0) is 26.0 Å². The van der Waals surface area contributed by atoms with E-state index in [2.05, 4.69) is 57.1 Å². The number of halogens is 1. The van der Waals surface area contributed by atoms with Gasteiger partial charge in [-0.15, -0.1) is 24.0 Å². The molecule has 0 amide bonds. The monoisotopic (exact) mass is 532 g/mol. The normalized spacial score (nSPS) is 14.3. The first kappa shape index (κ1) is 23.1. The van der Waals surface area contributed by atoms with Crippen molar-refractivity contribution in [2.45, 2.75) is 20.4 Å². The fourth-order valence-corrected chi connectivity index (χ4v) is 3.49. The fraction of sp³-hybridized carbons (Fsp3) is 0.348. The highest BCUT2D eigenvalue weighted by Crippen LogP contribution is 2.21. The Hall–Kier alpha value is -2.62. The quantitative estimate of drug-likeness (QED) is 0.305. The molecule has 0 saturated carbocycles. The predicted octanol–water partition coefficient (Wildman–Crippen LogP) is 3.95. The van der Waals surface area contributed by atoms with Crippen molar-refractivity contribution in [2.75, 3.05) is 37.6 Å². The Morgan fingerprint density at radius 2 is 1.84 bits per heavy atom. The molecule has 1 N–H and O–H groups in total. The summed E-state index contributed by atoms with van der Waals surface area (Å²) in [5.74, 6) is 3.32. The van der Waals surface area contributed by atoms with E-state index in [9.17, 15) is 0 Å². The van der Waals surface area contributed by atoms with Crippen LogP contribution in [0, 0.1) is 6.92 Å². The van der Waals surface area contributed by atoms with Crippen LogP contribution in [0.3, 0.4) is 0 Å². The second-order valence-electron chi connectivity index (χ2n) is 7.32. The van der Waals surface area contributed by atoms with Gasteiger partial charge < -0.3 is 19.5 Å². The highest BCUT2D eigenvalue weighted by Gasteiger charge is 2.20. The van der Waals surface area contributed by atoms with Crippen LogP contribution in [0.15, 0.2) is 64.3 Å². The predicted molar refractivity (Wildman–Crippen MR) is 135 cm³/mol. The molecule has 1 aliphatic heterocycles. The van der Waals surface area contributed by atoms with E-state index in [1.165, 1.54) is 5.56 Å². The van der Waals surface area contributed by atoms with Gasteiger partial charge in [0, 0.05) is 44.5 Å². The molecule has 1 aliphatic rings. The average molecular weight is 532 g/mol. The molecule has 1 saturated heterocycles. The van der Waals surface area contributed by atoms with Crippen LogP contribution in [-0.4, -0.2) is 53.6 Å². The number of nitrogens with zero attached hydrogens (tertiary/aromatic N) is 5. The first-order valence-corrected chi connectivity index (χ1v) is 10.4. The Morgan fingerprint density at radius 3 is 2.52 bits per heavy atom. The van der Waals surface area contributed by atoms with Gasteiger partial charge in [-0.25, -0.2) is 15.0 Å². The van der Waals surface area contributed by atoms with Gasteiger partial charge in [-0.1, -0.05) is 35.9 Å². The molecule has 8 heteroatoms. The zero-order valence-electron chi connectivity index (χ0n) is 18.0.